The summed E-state index contributed by atoms with van der Waals surface area (Å²) < 4.78 is 7.86. The number of ether oxygens (including phenoxy) is 1. The number of thioether (sulfide) groups is 1. The smallest absolute Gasteiger partial charge is 0.217 e. The molecular weight excluding hydrogens is 382 g/mol. The van der Waals surface area contributed by atoms with Crippen LogP contribution in [-0.2, 0) is 33.7 Å². The zero-order valence-corrected chi connectivity index (χ0v) is 17.7. The molecule has 27 heavy (non-hydrogen) atoms. The zero-order chi connectivity index (χ0) is 19.4. The molecule has 1 unspecified atom stereocenters. The van der Waals surface area contributed by atoms with Crippen LogP contribution in [-0.4, -0.2) is 38.4 Å². The van der Waals surface area contributed by atoms with E-state index < -0.39 is 0 Å². The van der Waals surface area contributed by atoms with Gasteiger partial charge in [-0.25, -0.2) is 4.98 Å². The van der Waals surface area contributed by atoms with Crippen LogP contribution in [0.2, 0.25) is 0 Å². The number of nitrogens with zero attached hydrogens (tertiary/aromatic N) is 4. The van der Waals surface area contributed by atoms with Gasteiger partial charge in [0.15, 0.2) is 5.16 Å². The molecule has 1 fully saturated rings. The molecule has 0 bridgehead atoms. The monoisotopic (exact) mass is 409 g/mol. The summed E-state index contributed by atoms with van der Waals surface area (Å²) in [6.07, 6.45) is 3.08. The second kappa shape index (κ2) is 8.70. The maximum atomic E-state index is 11.2. The van der Waals surface area contributed by atoms with Crippen LogP contribution < -0.4 is 5.73 Å². The molecule has 148 valence electrons. The molecule has 1 aliphatic heterocycles. The fraction of sp³-hybridized carbons (Fsp3) is 0.667. The lowest BCUT2D eigenvalue weighted by Gasteiger charge is -2.14. The van der Waals surface area contributed by atoms with Gasteiger partial charge in [-0.1, -0.05) is 32.5 Å². The van der Waals surface area contributed by atoms with Gasteiger partial charge in [-0.15, -0.1) is 21.5 Å². The standard InChI is InChI=1S/C18H27N5O2S2/c1-18(2,3)16-20-12(10-26-16)11-27-17-22-21-15(7-6-14(19)24)23(17)9-13-5-4-8-25-13/h10,13H,4-9,11H2,1-3H3,(H2,19,24). The largest absolute Gasteiger partial charge is 0.376 e. The second-order valence-corrected chi connectivity index (χ2v) is 9.59. The lowest BCUT2D eigenvalue weighted by atomic mass is 9.98. The summed E-state index contributed by atoms with van der Waals surface area (Å²) in [5, 5.41) is 12.7. The van der Waals surface area contributed by atoms with Gasteiger partial charge in [0.2, 0.25) is 5.91 Å². The molecule has 1 aliphatic rings. The average molecular weight is 410 g/mol. The molecule has 3 heterocycles. The maximum Gasteiger partial charge on any atom is 0.217 e. The van der Waals surface area contributed by atoms with E-state index >= 15 is 0 Å². The Morgan fingerprint density at radius 3 is 2.89 bits per heavy atom. The van der Waals surface area contributed by atoms with E-state index in [4.69, 9.17) is 15.5 Å². The van der Waals surface area contributed by atoms with Gasteiger partial charge in [-0.2, -0.15) is 0 Å². The number of thiazole rings is 1. The molecule has 0 radical (unpaired) electrons. The van der Waals surface area contributed by atoms with Crippen molar-refractivity contribution in [2.45, 2.75) is 75.4 Å². The minimum absolute atomic E-state index is 0.0648. The molecule has 2 aromatic heterocycles. The van der Waals surface area contributed by atoms with Gasteiger partial charge >= 0.3 is 0 Å². The number of rotatable bonds is 8. The van der Waals surface area contributed by atoms with Crippen molar-refractivity contribution < 1.29 is 9.53 Å². The van der Waals surface area contributed by atoms with Gasteiger partial charge in [0.1, 0.15) is 5.82 Å². The molecule has 0 aliphatic carbocycles. The number of hydrogen-bond donors (Lipinski definition) is 1. The molecule has 1 amide bonds. The number of carbonyl (C=O) groups excluding carboxylic acids is 1. The predicted octanol–water partition coefficient (Wildman–Crippen LogP) is 2.92. The van der Waals surface area contributed by atoms with Gasteiger partial charge in [0.05, 0.1) is 23.4 Å². The van der Waals surface area contributed by atoms with Crippen molar-refractivity contribution in [1.82, 2.24) is 19.7 Å². The number of primary amides is 1. The molecule has 2 N–H and O–H groups in total. The first kappa shape index (κ1) is 20.3. The summed E-state index contributed by atoms with van der Waals surface area (Å²) in [5.74, 6) is 1.21. The highest BCUT2D eigenvalue weighted by atomic mass is 32.2. The zero-order valence-electron chi connectivity index (χ0n) is 16.1. The van der Waals surface area contributed by atoms with Crippen molar-refractivity contribution in [1.29, 1.82) is 0 Å². The fourth-order valence-corrected chi connectivity index (χ4v) is 4.75. The molecule has 0 aromatic carbocycles. The van der Waals surface area contributed by atoms with Crippen molar-refractivity contribution in [3.63, 3.8) is 0 Å². The molecule has 2 aromatic rings. The molecular formula is C18H27N5O2S2. The minimum Gasteiger partial charge on any atom is -0.376 e. The first-order chi connectivity index (χ1) is 12.8. The Balaban J connectivity index is 1.71. The van der Waals surface area contributed by atoms with Gasteiger partial charge in [-0.05, 0) is 12.8 Å². The SMILES string of the molecule is CC(C)(C)c1nc(CSc2nnc(CCC(N)=O)n2CC2CCCO2)cs1. The summed E-state index contributed by atoms with van der Waals surface area (Å²) in [5.41, 5.74) is 6.42. The fourth-order valence-electron chi connectivity index (χ4n) is 2.88. The van der Waals surface area contributed by atoms with Crippen molar-refractivity contribution >= 4 is 29.0 Å². The Labute approximate surface area is 168 Å². The lowest BCUT2D eigenvalue weighted by molar-refractivity contribution is -0.118. The molecule has 1 saturated heterocycles. The van der Waals surface area contributed by atoms with Crippen molar-refractivity contribution in [3.8, 4) is 0 Å². The summed E-state index contributed by atoms with van der Waals surface area (Å²) in [4.78, 5) is 15.9. The average Bonchev–Trinajstić information content (AvgIpc) is 3.32. The van der Waals surface area contributed by atoms with E-state index in [1.54, 1.807) is 23.1 Å². The van der Waals surface area contributed by atoms with Crippen molar-refractivity contribution in [3.05, 3.63) is 21.9 Å². The molecule has 0 saturated carbocycles. The van der Waals surface area contributed by atoms with Crippen LogP contribution in [0.15, 0.2) is 10.5 Å². The van der Waals surface area contributed by atoms with E-state index in [1.807, 2.05) is 0 Å². The number of carbonyl (C=O) groups is 1. The van der Waals surface area contributed by atoms with Crippen LogP contribution in [0.5, 0.6) is 0 Å². The van der Waals surface area contributed by atoms with Crippen LogP contribution in [0.25, 0.3) is 0 Å². The Morgan fingerprint density at radius 2 is 2.26 bits per heavy atom. The van der Waals surface area contributed by atoms with Crippen molar-refractivity contribution in [2.75, 3.05) is 6.61 Å². The normalized spacial score (nSPS) is 17.5. The highest BCUT2D eigenvalue weighted by Gasteiger charge is 2.22. The van der Waals surface area contributed by atoms with E-state index in [9.17, 15) is 4.79 Å². The summed E-state index contributed by atoms with van der Waals surface area (Å²) in [6, 6.07) is 0. The predicted molar refractivity (Wildman–Crippen MR) is 107 cm³/mol. The first-order valence-corrected chi connectivity index (χ1v) is 11.1. The van der Waals surface area contributed by atoms with Crippen LogP contribution in [0.3, 0.4) is 0 Å². The first-order valence-electron chi connectivity index (χ1n) is 9.22. The maximum absolute atomic E-state index is 11.2. The van der Waals surface area contributed by atoms with Crippen molar-refractivity contribution in [2.24, 2.45) is 5.73 Å². The Bertz CT molecular complexity index is 775. The van der Waals surface area contributed by atoms with Gasteiger partial charge < -0.3 is 15.0 Å². The number of aryl methyl sites for hydroxylation is 1. The number of nitrogens with two attached hydrogens (primary N) is 1. The summed E-state index contributed by atoms with van der Waals surface area (Å²) >= 11 is 3.32. The summed E-state index contributed by atoms with van der Waals surface area (Å²) in [6.45, 7) is 8.04. The minimum atomic E-state index is -0.326. The van der Waals surface area contributed by atoms with Gasteiger partial charge in [0.25, 0.3) is 0 Å². The Hall–Kier alpha value is -1.45. The molecule has 7 nitrogen and oxygen atoms in total. The Morgan fingerprint density at radius 1 is 1.44 bits per heavy atom. The van der Waals surface area contributed by atoms with Gasteiger partial charge in [0, 0.05) is 36.0 Å². The highest BCUT2D eigenvalue weighted by Crippen LogP contribution is 2.29. The number of amides is 1. The van der Waals surface area contributed by atoms with Crippen LogP contribution in [0.1, 0.15) is 56.6 Å². The van der Waals surface area contributed by atoms with E-state index in [-0.39, 0.29) is 23.8 Å². The van der Waals surface area contributed by atoms with Crippen LogP contribution in [0.4, 0.5) is 0 Å². The molecule has 0 spiro atoms. The third kappa shape index (κ3) is 5.52. The lowest BCUT2D eigenvalue weighted by Crippen LogP contribution is -2.19. The third-order valence-corrected chi connectivity index (χ3v) is 6.66. The molecule has 9 heteroatoms. The van der Waals surface area contributed by atoms with E-state index in [2.05, 4.69) is 40.9 Å². The number of aromatic nitrogens is 4. The Kier molecular flexibility index (Phi) is 6.54. The van der Waals surface area contributed by atoms with Gasteiger partial charge in [-0.3, -0.25) is 4.79 Å². The quantitative estimate of drug-likeness (QED) is 0.674. The highest BCUT2D eigenvalue weighted by molar-refractivity contribution is 7.98. The summed E-state index contributed by atoms with van der Waals surface area (Å²) in [7, 11) is 0. The van der Waals surface area contributed by atoms with E-state index in [0.29, 0.717) is 13.0 Å². The van der Waals surface area contributed by atoms with E-state index in [0.717, 1.165) is 46.9 Å². The van der Waals surface area contributed by atoms with Crippen LogP contribution >= 0.6 is 23.1 Å². The third-order valence-electron chi connectivity index (χ3n) is 4.34. The number of hydrogen-bond acceptors (Lipinski definition) is 7. The molecule has 3 rings (SSSR count). The van der Waals surface area contributed by atoms with Crippen LogP contribution in [0, 0.1) is 0 Å². The molecule has 1 atom stereocenters. The topological polar surface area (TPSA) is 95.9 Å². The van der Waals surface area contributed by atoms with E-state index in [1.165, 1.54) is 0 Å². The second-order valence-electron chi connectivity index (χ2n) is 7.79.